The summed E-state index contributed by atoms with van der Waals surface area (Å²) < 4.78 is 5.15. The molecule has 4 nitrogen and oxygen atoms in total. The van der Waals surface area contributed by atoms with E-state index in [2.05, 4.69) is 0 Å². The summed E-state index contributed by atoms with van der Waals surface area (Å²) in [6.45, 7) is 1.94. The predicted molar refractivity (Wildman–Crippen MR) is 81.0 cm³/mol. The van der Waals surface area contributed by atoms with Crippen LogP contribution in [-0.4, -0.2) is 16.9 Å². The highest BCUT2D eigenvalue weighted by Crippen LogP contribution is 2.36. The first-order chi connectivity index (χ1) is 10.6. The van der Waals surface area contributed by atoms with Gasteiger partial charge in [0.25, 0.3) is 5.78 Å². The zero-order valence-electron chi connectivity index (χ0n) is 11.9. The molecule has 0 aliphatic carbocycles. The molecular formula is C18H14O4. The molecule has 110 valence electrons. The zero-order valence-corrected chi connectivity index (χ0v) is 11.9. The molecule has 0 bridgehead atoms. The van der Waals surface area contributed by atoms with Crippen LogP contribution in [0.1, 0.15) is 22.8 Å². The van der Waals surface area contributed by atoms with Crippen LogP contribution in [0.15, 0.2) is 60.2 Å². The molecule has 2 aromatic rings. The number of rotatable bonds is 2. The van der Waals surface area contributed by atoms with Gasteiger partial charge in [-0.25, -0.2) is 4.79 Å². The maximum absolute atomic E-state index is 12.1. The van der Waals surface area contributed by atoms with Crippen LogP contribution in [0.2, 0.25) is 0 Å². The summed E-state index contributed by atoms with van der Waals surface area (Å²) in [6, 6.07) is 15.9. The van der Waals surface area contributed by atoms with Crippen LogP contribution in [0.3, 0.4) is 0 Å². The molecule has 0 spiro atoms. The highest BCUT2D eigenvalue weighted by atomic mass is 16.6. The molecule has 1 atom stereocenters. The molecule has 1 saturated heterocycles. The van der Waals surface area contributed by atoms with Gasteiger partial charge in [0.1, 0.15) is 5.76 Å². The van der Waals surface area contributed by atoms with Crippen LogP contribution in [0.5, 0.6) is 0 Å². The van der Waals surface area contributed by atoms with Crippen molar-refractivity contribution in [1.29, 1.82) is 0 Å². The largest absolute Gasteiger partial charge is 0.507 e. The monoisotopic (exact) mass is 294 g/mol. The lowest BCUT2D eigenvalue weighted by Gasteiger charge is -2.12. The molecule has 0 amide bonds. The Morgan fingerprint density at radius 2 is 1.64 bits per heavy atom. The van der Waals surface area contributed by atoms with Gasteiger partial charge < -0.3 is 9.84 Å². The predicted octanol–water partition coefficient (Wildman–Crippen LogP) is 3.13. The van der Waals surface area contributed by atoms with Gasteiger partial charge in [-0.15, -0.1) is 0 Å². The smallest absolute Gasteiger partial charge is 0.380 e. The average molecular weight is 294 g/mol. The summed E-state index contributed by atoms with van der Waals surface area (Å²) in [5.74, 6) is -1.96. The Bertz CT molecular complexity index is 757. The number of aliphatic hydroxyl groups is 1. The van der Waals surface area contributed by atoms with Crippen molar-refractivity contribution < 1.29 is 19.4 Å². The number of esters is 1. The van der Waals surface area contributed by atoms with E-state index in [4.69, 9.17) is 4.74 Å². The van der Waals surface area contributed by atoms with E-state index in [9.17, 15) is 14.7 Å². The first kappa shape index (κ1) is 14.1. The van der Waals surface area contributed by atoms with Crippen LogP contribution in [0.25, 0.3) is 5.76 Å². The highest BCUT2D eigenvalue weighted by molar-refractivity contribution is 6.44. The van der Waals surface area contributed by atoms with E-state index < -0.39 is 17.9 Å². The van der Waals surface area contributed by atoms with Crippen LogP contribution in [0, 0.1) is 6.92 Å². The maximum Gasteiger partial charge on any atom is 0.380 e. The number of carbonyl (C=O) groups is 2. The number of benzene rings is 2. The quantitative estimate of drug-likeness (QED) is 0.400. The maximum atomic E-state index is 12.1. The van der Waals surface area contributed by atoms with Crippen molar-refractivity contribution >= 4 is 17.5 Å². The van der Waals surface area contributed by atoms with E-state index in [0.717, 1.165) is 5.56 Å². The first-order valence-corrected chi connectivity index (χ1v) is 6.88. The fraction of sp³-hybridized carbons (Fsp3) is 0.111. The van der Waals surface area contributed by atoms with Gasteiger partial charge in [-0.1, -0.05) is 60.2 Å². The third-order valence-electron chi connectivity index (χ3n) is 3.60. The minimum atomic E-state index is -0.942. The van der Waals surface area contributed by atoms with Crippen LogP contribution >= 0.6 is 0 Å². The molecular weight excluding hydrogens is 280 g/mol. The lowest BCUT2D eigenvalue weighted by atomic mass is 9.96. The first-order valence-electron chi connectivity index (χ1n) is 6.88. The Labute approximate surface area is 127 Å². The molecule has 1 heterocycles. The van der Waals surface area contributed by atoms with Crippen molar-refractivity contribution in [3.8, 4) is 0 Å². The fourth-order valence-electron chi connectivity index (χ4n) is 2.41. The van der Waals surface area contributed by atoms with Gasteiger partial charge in [-0.3, -0.25) is 4.79 Å². The molecule has 1 fully saturated rings. The van der Waals surface area contributed by atoms with Gasteiger partial charge >= 0.3 is 5.97 Å². The lowest BCUT2D eigenvalue weighted by molar-refractivity contribution is -0.149. The number of aryl methyl sites for hydroxylation is 1. The second-order valence-corrected chi connectivity index (χ2v) is 5.15. The Morgan fingerprint density at radius 1 is 1.00 bits per heavy atom. The van der Waals surface area contributed by atoms with E-state index >= 15 is 0 Å². The summed E-state index contributed by atoms with van der Waals surface area (Å²) in [5.41, 5.74) is 2.17. The Kier molecular flexibility index (Phi) is 3.51. The van der Waals surface area contributed by atoms with E-state index in [1.165, 1.54) is 0 Å². The standard InChI is InChI=1S/C18H14O4/c1-11-7-9-13(10-8-11)17-14(16(20)18(21)22-17)15(19)12-5-3-2-4-6-12/h2-10,17,19H,1H3/b15-14-. The minimum absolute atomic E-state index is 0.0138. The van der Waals surface area contributed by atoms with Gasteiger partial charge in [0.2, 0.25) is 0 Å². The Hall–Kier alpha value is -2.88. The Morgan fingerprint density at radius 3 is 2.27 bits per heavy atom. The molecule has 1 unspecified atom stereocenters. The van der Waals surface area contributed by atoms with Crippen LogP contribution in [-0.2, 0) is 14.3 Å². The van der Waals surface area contributed by atoms with Crippen molar-refractivity contribution in [3.63, 3.8) is 0 Å². The molecule has 1 aliphatic rings. The van der Waals surface area contributed by atoms with Crippen LogP contribution < -0.4 is 0 Å². The number of ketones is 1. The number of hydrogen-bond acceptors (Lipinski definition) is 4. The number of cyclic esters (lactones) is 1. The number of carbonyl (C=O) groups excluding carboxylic acids is 2. The molecule has 2 aromatic carbocycles. The molecule has 22 heavy (non-hydrogen) atoms. The third kappa shape index (κ3) is 2.39. The van der Waals surface area contributed by atoms with Crippen molar-refractivity contribution in [1.82, 2.24) is 0 Å². The van der Waals surface area contributed by atoms with Gasteiger partial charge in [0, 0.05) is 5.56 Å². The number of aliphatic hydroxyl groups excluding tert-OH is 1. The molecule has 0 radical (unpaired) electrons. The summed E-state index contributed by atoms with van der Waals surface area (Å²) in [4.78, 5) is 23.7. The molecule has 3 rings (SSSR count). The summed E-state index contributed by atoms with van der Waals surface area (Å²) in [5, 5.41) is 10.4. The van der Waals surface area contributed by atoms with Gasteiger partial charge in [0.15, 0.2) is 6.10 Å². The third-order valence-corrected chi connectivity index (χ3v) is 3.60. The van der Waals surface area contributed by atoms with E-state index in [1.54, 1.807) is 42.5 Å². The molecule has 1 aliphatic heterocycles. The molecule has 1 N–H and O–H groups in total. The fourth-order valence-corrected chi connectivity index (χ4v) is 2.41. The Balaban J connectivity index is 2.11. The highest BCUT2D eigenvalue weighted by Gasteiger charge is 2.42. The summed E-state index contributed by atoms with van der Waals surface area (Å²) >= 11 is 0. The van der Waals surface area contributed by atoms with E-state index in [1.807, 2.05) is 19.1 Å². The molecule has 0 saturated carbocycles. The number of hydrogen-bond donors (Lipinski definition) is 1. The van der Waals surface area contributed by atoms with E-state index in [-0.39, 0.29) is 11.3 Å². The van der Waals surface area contributed by atoms with Crippen molar-refractivity contribution in [3.05, 3.63) is 76.9 Å². The number of Topliss-reactive ketones (excluding diaryl/α,β-unsaturated/α-hetero) is 1. The average Bonchev–Trinajstić information content (AvgIpc) is 2.84. The van der Waals surface area contributed by atoms with Gasteiger partial charge in [0.05, 0.1) is 5.57 Å². The van der Waals surface area contributed by atoms with Crippen LogP contribution in [0.4, 0.5) is 0 Å². The van der Waals surface area contributed by atoms with Crippen molar-refractivity contribution in [2.75, 3.05) is 0 Å². The van der Waals surface area contributed by atoms with Crippen molar-refractivity contribution in [2.24, 2.45) is 0 Å². The second-order valence-electron chi connectivity index (χ2n) is 5.15. The molecule has 4 heteroatoms. The normalized spacial score (nSPS) is 20.0. The zero-order chi connectivity index (χ0) is 15.7. The summed E-state index contributed by atoms with van der Waals surface area (Å²) in [7, 11) is 0. The molecule has 0 aromatic heterocycles. The van der Waals surface area contributed by atoms with Gasteiger partial charge in [-0.2, -0.15) is 0 Å². The topological polar surface area (TPSA) is 63.6 Å². The van der Waals surface area contributed by atoms with Crippen molar-refractivity contribution in [2.45, 2.75) is 13.0 Å². The second kappa shape index (κ2) is 5.48. The van der Waals surface area contributed by atoms with E-state index in [0.29, 0.717) is 11.1 Å². The minimum Gasteiger partial charge on any atom is -0.507 e. The van der Waals surface area contributed by atoms with Gasteiger partial charge in [-0.05, 0) is 12.5 Å². The SMILES string of the molecule is Cc1ccc(C2OC(=O)C(=O)/C2=C(/O)c2ccccc2)cc1. The summed E-state index contributed by atoms with van der Waals surface area (Å²) in [6.07, 6.45) is -0.874. The lowest BCUT2D eigenvalue weighted by Crippen LogP contribution is -2.08. The number of ether oxygens (including phenoxy) is 1.